The molecule has 284 valence electrons. The molecule has 1 aromatic heterocycles. The minimum Gasteiger partial charge on any atom is -0.310 e. The van der Waals surface area contributed by atoms with Gasteiger partial charge in [-0.25, -0.2) is 0 Å². The topological polar surface area (TPSA) is 3.24 Å². The van der Waals surface area contributed by atoms with Crippen LogP contribution in [0, 0.1) is 0 Å². The van der Waals surface area contributed by atoms with E-state index in [4.69, 9.17) is 0 Å². The van der Waals surface area contributed by atoms with Crippen LogP contribution in [0.15, 0.2) is 224 Å². The lowest BCUT2D eigenvalue weighted by Crippen LogP contribution is -2.26. The first kappa shape index (κ1) is 34.4. The molecule has 10 aromatic carbocycles. The summed E-state index contributed by atoms with van der Waals surface area (Å²) in [6.07, 6.45) is 0. The van der Waals surface area contributed by atoms with Crippen molar-refractivity contribution in [3.63, 3.8) is 0 Å². The van der Waals surface area contributed by atoms with Gasteiger partial charge < -0.3 is 4.90 Å². The van der Waals surface area contributed by atoms with E-state index in [1.807, 2.05) is 11.3 Å². The lowest BCUT2D eigenvalue weighted by atomic mass is 9.70. The van der Waals surface area contributed by atoms with Gasteiger partial charge in [0, 0.05) is 37.1 Å². The molecular weight excluding hydrogens is 755 g/mol. The second kappa shape index (κ2) is 13.2. The van der Waals surface area contributed by atoms with E-state index < -0.39 is 5.41 Å². The summed E-state index contributed by atoms with van der Waals surface area (Å²) in [6.45, 7) is 0. The molecule has 2 heteroatoms. The molecule has 0 N–H and O–H groups in total. The van der Waals surface area contributed by atoms with Crippen LogP contribution in [0.5, 0.6) is 0 Å². The highest BCUT2D eigenvalue weighted by atomic mass is 32.1. The van der Waals surface area contributed by atoms with Gasteiger partial charge in [0.2, 0.25) is 0 Å². The Morgan fingerprint density at radius 2 is 0.852 bits per heavy atom. The van der Waals surface area contributed by atoms with Crippen LogP contribution >= 0.6 is 11.3 Å². The molecule has 61 heavy (non-hydrogen) atoms. The Labute approximate surface area is 359 Å². The number of fused-ring (bicyclic) bond motifs is 14. The van der Waals surface area contributed by atoms with Crippen molar-refractivity contribution in [2.75, 3.05) is 4.90 Å². The van der Waals surface area contributed by atoms with E-state index in [0.29, 0.717) is 0 Å². The van der Waals surface area contributed by atoms with Crippen molar-refractivity contribution in [2.45, 2.75) is 5.41 Å². The van der Waals surface area contributed by atoms with E-state index >= 15 is 0 Å². The molecule has 0 bridgehead atoms. The maximum absolute atomic E-state index is 2.51. The monoisotopic (exact) mass is 791 g/mol. The second-order valence-electron chi connectivity index (χ2n) is 16.3. The summed E-state index contributed by atoms with van der Waals surface area (Å²) in [7, 11) is 0. The number of anilines is 3. The number of hydrogen-bond acceptors (Lipinski definition) is 2. The third-order valence-corrected chi connectivity index (χ3v) is 14.4. The van der Waals surface area contributed by atoms with E-state index in [-0.39, 0.29) is 0 Å². The number of hydrogen-bond donors (Lipinski definition) is 0. The van der Waals surface area contributed by atoms with Gasteiger partial charge in [0.25, 0.3) is 0 Å². The molecule has 1 spiro atoms. The smallest absolute Gasteiger partial charge is 0.0726 e. The Morgan fingerprint density at radius 1 is 0.328 bits per heavy atom. The molecule has 1 nitrogen and oxygen atoms in total. The third-order valence-electron chi connectivity index (χ3n) is 13.3. The second-order valence-corrected chi connectivity index (χ2v) is 17.4. The van der Waals surface area contributed by atoms with Crippen LogP contribution in [0.3, 0.4) is 0 Å². The number of para-hydroxylation sites is 1. The number of benzene rings is 10. The van der Waals surface area contributed by atoms with Gasteiger partial charge in [-0.2, -0.15) is 0 Å². The molecule has 0 amide bonds. The maximum Gasteiger partial charge on any atom is 0.0726 e. The Bertz CT molecular complexity index is 3500. The van der Waals surface area contributed by atoms with E-state index in [2.05, 4.69) is 229 Å². The Hall–Kier alpha value is -7.52. The maximum atomic E-state index is 2.51. The van der Waals surface area contributed by atoms with Gasteiger partial charge in [0.15, 0.2) is 0 Å². The van der Waals surface area contributed by atoms with Crippen LogP contribution in [0.2, 0.25) is 0 Å². The first-order valence-corrected chi connectivity index (χ1v) is 21.9. The minimum absolute atomic E-state index is 0.451. The highest BCUT2D eigenvalue weighted by Crippen LogP contribution is 2.63. The molecule has 0 saturated heterocycles. The molecule has 0 radical (unpaired) electrons. The van der Waals surface area contributed by atoms with E-state index in [1.54, 1.807) is 0 Å². The van der Waals surface area contributed by atoms with Crippen molar-refractivity contribution in [3.05, 3.63) is 247 Å². The van der Waals surface area contributed by atoms with Crippen molar-refractivity contribution < 1.29 is 0 Å². The summed E-state index contributed by atoms with van der Waals surface area (Å²) in [6, 6.07) is 83.6. The predicted molar refractivity (Wildman–Crippen MR) is 259 cm³/mol. The number of nitrogens with zero attached hydrogens (tertiary/aromatic N) is 1. The Kier molecular flexibility index (Phi) is 7.46. The van der Waals surface area contributed by atoms with Crippen LogP contribution in [0.1, 0.15) is 22.3 Å². The van der Waals surface area contributed by atoms with Gasteiger partial charge in [-0.05, 0) is 114 Å². The van der Waals surface area contributed by atoms with Gasteiger partial charge in [-0.3, -0.25) is 0 Å². The summed E-state index contributed by atoms with van der Waals surface area (Å²) in [4.78, 5) is 2.51. The minimum atomic E-state index is -0.451. The summed E-state index contributed by atoms with van der Waals surface area (Å²) >= 11 is 1.87. The van der Waals surface area contributed by atoms with Gasteiger partial charge >= 0.3 is 0 Å². The van der Waals surface area contributed by atoms with Crippen LogP contribution in [0.25, 0.3) is 75.5 Å². The SMILES string of the molecule is c1cc(-c2cccc3sc4ccccc4c23)cc(N(c2ccc3c(c2)C2(c4ccccc4-c4ccccc42)c2ccccc2-3)c2ccccc2-c2cccc3ccccc23)c1. The number of rotatable bonds is 5. The molecule has 2 aliphatic rings. The van der Waals surface area contributed by atoms with E-state index in [9.17, 15) is 0 Å². The van der Waals surface area contributed by atoms with Gasteiger partial charge in [-0.15, -0.1) is 11.3 Å². The molecule has 2 aliphatic carbocycles. The third kappa shape index (κ3) is 4.88. The highest BCUT2D eigenvalue weighted by molar-refractivity contribution is 7.25. The van der Waals surface area contributed by atoms with Crippen LogP contribution in [-0.2, 0) is 5.41 Å². The first-order chi connectivity index (χ1) is 30.3. The predicted octanol–water partition coefficient (Wildman–Crippen LogP) is 16.4. The fourth-order valence-corrected chi connectivity index (χ4v) is 12.0. The highest BCUT2D eigenvalue weighted by Gasteiger charge is 2.51. The van der Waals surface area contributed by atoms with Crippen molar-refractivity contribution in [3.8, 4) is 44.5 Å². The lowest BCUT2D eigenvalue weighted by molar-refractivity contribution is 0.793. The fraction of sp³-hybridized carbons (Fsp3) is 0.0169. The molecule has 13 rings (SSSR count). The zero-order chi connectivity index (χ0) is 40.1. The van der Waals surface area contributed by atoms with Crippen molar-refractivity contribution >= 4 is 59.3 Å². The average Bonchev–Trinajstić information content (AvgIpc) is 3.96. The zero-order valence-corrected chi connectivity index (χ0v) is 34.0. The van der Waals surface area contributed by atoms with Gasteiger partial charge in [-0.1, -0.05) is 182 Å². The first-order valence-electron chi connectivity index (χ1n) is 21.1. The molecule has 0 unspecified atom stereocenters. The van der Waals surface area contributed by atoms with Crippen LogP contribution in [0.4, 0.5) is 17.1 Å². The summed E-state index contributed by atoms with van der Waals surface area (Å²) in [5, 5.41) is 5.10. The van der Waals surface area contributed by atoms with Gasteiger partial charge in [0.05, 0.1) is 11.1 Å². The zero-order valence-electron chi connectivity index (χ0n) is 33.2. The van der Waals surface area contributed by atoms with Crippen LogP contribution in [-0.4, -0.2) is 0 Å². The van der Waals surface area contributed by atoms with Crippen molar-refractivity contribution in [2.24, 2.45) is 0 Å². The Balaban J connectivity index is 1.09. The molecular formula is C59H37NS. The summed E-state index contributed by atoms with van der Waals surface area (Å²) in [5.74, 6) is 0. The van der Waals surface area contributed by atoms with E-state index in [1.165, 1.54) is 97.7 Å². The van der Waals surface area contributed by atoms with Crippen molar-refractivity contribution in [1.82, 2.24) is 0 Å². The molecule has 0 fully saturated rings. The molecule has 0 aliphatic heterocycles. The largest absolute Gasteiger partial charge is 0.310 e. The lowest BCUT2D eigenvalue weighted by Gasteiger charge is -2.33. The van der Waals surface area contributed by atoms with Crippen molar-refractivity contribution in [1.29, 1.82) is 0 Å². The normalized spacial score (nSPS) is 13.0. The number of thiophene rings is 1. The molecule has 0 atom stereocenters. The van der Waals surface area contributed by atoms with Gasteiger partial charge in [0.1, 0.15) is 0 Å². The fourth-order valence-electron chi connectivity index (χ4n) is 10.8. The molecule has 11 aromatic rings. The molecule has 1 heterocycles. The standard InChI is InChI=1S/C59H37NS/c1-2-20-42-38(16-1)17-14-27-44(42)49-24-6-11-31-55(49)60(40-19-13-18-39(36-40)43-26-15-33-57-58(43)50-25-7-12-32-56(50)61-57)41-34-35-48-47-23-5-10-30-53(47)59(54(48)37-41)51-28-8-3-21-45(51)46-22-4-9-29-52(46)59/h1-37H. The quantitative estimate of drug-likeness (QED) is 0.168. The molecule has 0 saturated carbocycles. The van der Waals surface area contributed by atoms with E-state index in [0.717, 1.165) is 17.1 Å². The van der Waals surface area contributed by atoms with Crippen LogP contribution < -0.4 is 4.90 Å². The average molecular weight is 792 g/mol. The summed E-state index contributed by atoms with van der Waals surface area (Å²) in [5.41, 5.74) is 18.3. The Morgan fingerprint density at radius 3 is 1.62 bits per heavy atom. The summed E-state index contributed by atoms with van der Waals surface area (Å²) < 4.78 is 2.62.